The first-order chi connectivity index (χ1) is 12.6. The van der Waals surface area contributed by atoms with Crippen molar-refractivity contribution in [3.05, 3.63) is 60.7 Å². The summed E-state index contributed by atoms with van der Waals surface area (Å²) in [5.41, 5.74) is 0. The van der Waals surface area contributed by atoms with Crippen molar-refractivity contribution >= 4 is 29.5 Å². The number of carbonyl (C=O) groups excluding carboxylic acids is 1. The number of terminal acetylenes is 1. The number of benzene rings is 2. The Bertz CT molecular complexity index is 681. The standard InChI is InChI=1S/C22H24O2S2/c1-4-12-18(21(23)24-5-2)17-22(3,25-19-13-8-6-9-14-19)26-20-15-10-7-11-16-20/h1,6-11,13-16,18H,5,12,17H2,2-3H3. The summed E-state index contributed by atoms with van der Waals surface area (Å²) in [6, 6.07) is 20.5. The van der Waals surface area contributed by atoms with E-state index in [-0.39, 0.29) is 16.0 Å². The zero-order valence-corrected chi connectivity index (χ0v) is 16.8. The highest BCUT2D eigenvalue weighted by molar-refractivity contribution is 8.18. The molecular formula is C22H24O2S2. The van der Waals surface area contributed by atoms with Crippen molar-refractivity contribution in [1.29, 1.82) is 0 Å². The first-order valence-electron chi connectivity index (χ1n) is 8.64. The molecule has 0 bridgehead atoms. The number of hydrogen-bond acceptors (Lipinski definition) is 4. The second kappa shape index (κ2) is 10.4. The molecular weight excluding hydrogens is 360 g/mol. The SMILES string of the molecule is C#CCC(CC(C)(Sc1ccccc1)Sc1ccccc1)C(=O)OCC. The lowest BCUT2D eigenvalue weighted by molar-refractivity contribution is -0.148. The molecule has 0 N–H and O–H groups in total. The van der Waals surface area contributed by atoms with Crippen LogP contribution in [0.3, 0.4) is 0 Å². The Morgan fingerprint density at radius 2 is 1.58 bits per heavy atom. The molecule has 1 unspecified atom stereocenters. The van der Waals surface area contributed by atoms with Crippen LogP contribution in [-0.4, -0.2) is 16.7 Å². The summed E-state index contributed by atoms with van der Waals surface area (Å²) in [5.74, 6) is 2.12. The number of thioether (sulfide) groups is 2. The fourth-order valence-electron chi connectivity index (χ4n) is 2.67. The molecule has 0 amide bonds. The summed E-state index contributed by atoms with van der Waals surface area (Å²) in [7, 11) is 0. The van der Waals surface area contributed by atoms with Crippen LogP contribution in [0.2, 0.25) is 0 Å². The van der Waals surface area contributed by atoms with Gasteiger partial charge in [-0.1, -0.05) is 36.4 Å². The minimum Gasteiger partial charge on any atom is -0.466 e. The van der Waals surface area contributed by atoms with E-state index < -0.39 is 0 Å². The molecule has 136 valence electrons. The van der Waals surface area contributed by atoms with Gasteiger partial charge in [-0.15, -0.1) is 35.9 Å². The molecule has 4 heteroatoms. The maximum Gasteiger partial charge on any atom is 0.309 e. The third-order valence-electron chi connectivity index (χ3n) is 3.76. The van der Waals surface area contributed by atoms with Crippen molar-refractivity contribution in [2.75, 3.05) is 6.61 Å². The fraction of sp³-hybridized carbons (Fsp3) is 0.318. The van der Waals surface area contributed by atoms with Gasteiger partial charge in [-0.2, -0.15) is 0 Å². The third-order valence-corrected chi connectivity index (χ3v) is 6.47. The van der Waals surface area contributed by atoms with Crippen molar-refractivity contribution in [2.24, 2.45) is 5.92 Å². The van der Waals surface area contributed by atoms with Gasteiger partial charge >= 0.3 is 5.97 Å². The fourth-order valence-corrected chi connectivity index (χ4v) is 5.57. The van der Waals surface area contributed by atoms with Gasteiger partial charge in [0, 0.05) is 16.2 Å². The Labute approximate surface area is 165 Å². The summed E-state index contributed by atoms with van der Waals surface area (Å²) in [6.45, 7) is 4.36. The number of rotatable bonds is 9. The number of carbonyl (C=O) groups is 1. The van der Waals surface area contributed by atoms with Crippen LogP contribution in [0.15, 0.2) is 70.5 Å². The summed E-state index contributed by atoms with van der Waals surface area (Å²) in [6.07, 6.45) is 6.54. The van der Waals surface area contributed by atoms with Crippen LogP contribution >= 0.6 is 23.5 Å². The topological polar surface area (TPSA) is 26.3 Å². The van der Waals surface area contributed by atoms with Gasteiger partial charge in [-0.3, -0.25) is 4.79 Å². The molecule has 0 aromatic heterocycles. The summed E-state index contributed by atoms with van der Waals surface area (Å²) in [5, 5.41) is 0. The second-order valence-electron chi connectivity index (χ2n) is 6.03. The normalized spacial score (nSPS) is 12.2. The predicted molar refractivity (Wildman–Crippen MR) is 111 cm³/mol. The number of ether oxygens (including phenoxy) is 1. The van der Waals surface area contributed by atoms with E-state index in [0.717, 1.165) is 0 Å². The highest BCUT2D eigenvalue weighted by atomic mass is 32.2. The van der Waals surface area contributed by atoms with E-state index in [1.54, 1.807) is 23.5 Å². The van der Waals surface area contributed by atoms with Crippen LogP contribution in [0.1, 0.15) is 26.7 Å². The zero-order valence-electron chi connectivity index (χ0n) is 15.2. The van der Waals surface area contributed by atoms with E-state index >= 15 is 0 Å². The Balaban J connectivity index is 2.26. The van der Waals surface area contributed by atoms with E-state index in [4.69, 9.17) is 11.2 Å². The second-order valence-corrected chi connectivity index (χ2v) is 9.44. The lowest BCUT2D eigenvalue weighted by Crippen LogP contribution is -2.27. The minimum atomic E-state index is -0.308. The molecule has 0 radical (unpaired) electrons. The highest BCUT2D eigenvalue weighted by Gasteiger charge is 2.34. The third kappa shape index (κ3) is 6.48. The predicted octanol–water partition coefficient (Wildman–Crippen LogP) is 5.88. The smallest absolute Gasteiger partial charge is 0.309 e. The molecule has 0 aliphatic carbocycles. The maximum atomic E-state index is 12.4. The summed E-state index contributed by atoms with van der Waals surface area (Å²) >= 11 is 3.52. The average Bonchev–Trinajstić information content (AvgIpc) is 2.63. The van der Waals surface area contributed by atoms with Gasteiger partial charge in [0.25, 0.3) is 0 Å². The van der Waals surface area contributed by atoms with E-state index in [1.165, 1.54) is 9.79 Å². The first kappa shape index (κ1) is 20.5. The molecule has 0 saturated carbocycles. The molecule has 0 fully saturated rings. The van der Waals surface area contributed by atoms with E-state index in [9.17, 15) is 4.79 Å². The van der Waals surface area contributed by atoms with Gasteiger partial charge in [-0.25, -0.2) is 0 Å². The largest absolute Gasteiger partial charge is 0.466 e. The van der Waals surface area contributed by atoms with Gasteiger partial charge < -0.3 is 4.74 Å². The van der Waals surface area contributed by atoms with Crippen LogP contribution in [0.4, 0.5) is 0 Å². The van der Waals surface area contributed by atoms with Crippen LogP contribution in [0.25, 0.3) is 0 Å². The summed E-state index contributed by atoms with van der Waals surface area (Å²) in [4.78, 5) is 14.7. The Morgan fingerprint density at radius 3 is 2.00 bits per heavy atom. The van der Waals surface area contributed by atoms with Gasteiger partial charge in [-0.05, 0) is 44.5 Å². The molecule has 0 spiro atoms. The average molecular weight is 385 g/mol. The first-order valence-corrected chi connectivity index (χ1v) is 10.3. The van der Waals surface area contributed by atoms with Crippen LogP contribution < -0.4 is 0 Å². The van der Waals surface area contributed by atoms with Crippen LogP contribution in [-0.2, 0) is 9.53 Å². The Morgan fingerprint density at radius 1 is 1.08 bits per heavy atom. The molecule has 0 aliphatic heterocycles. The van der Waals surface area contributed by atoms with Gasteiger partial charge in [0.05, 0.1) is 16.6 Å². The van der Waals surface area contributed by atoms with Gasteiger partial charge in [0.15, 0.2) is 0 Å². The van der Waals surface area contributed by atoms with E-state index in [2.05, 4.69) is 37.1 Å². The maximum absolute atomic E-state index is 12.4. The van der Waals surface area contributed by atoms with Crippen molar-refractivity contribution < 1.29 is 9.53 Å². The van der Waals surface area contributed by atoms with Gasteiger partial charge in [0.2, 0.25) is 0 Å². The molecule has 26 heavy (non-hydrogen) atoms. The van der Waals surface area contributed by atoms with Crippen molar-refractivity contribution in [2.45, 2.75) is 40.6 Å². The minimum absolute atomic E-state index is 0.209. The van der Waals surface area contributed by atoms with E-state index in [0.29, 0.717) is 19.4 Å². The molecule has 2 rings (SSSR count). The van der Waals surface area contributed by atoms with Crippen molar-refractivity contribution in [3.63, 3.8) is 0 Å². The lowest BCUT2D eigenvalue weighted by atomic mass is 10.00. The molecule has 2 nitrogen and oxygen atoms in total. The molecule has 1 atom stereocenters. The molecule has 0 aliphatic rings. The van der Waals surface area contributed by atoms with Crippen molar-refractivity contribution in [3.8, 4) is 12.3 Å². The van der Waals surface area contributed by atoms with E-state index in [1.807, 2.05) is 43.3 Å². The number of esters is 1. The Kier molecular flexibility index (Phi) is 8.15. The summed E-state index contributed by atoms with van der Waals surface area (Å²) < 4.78 is 5.00. The Hall–Kier alpha value is -1.83. The van der Waals surface area contributed by atoms with Crippen molar-refractivity contribution in [1.82, 2.24) is 0 Å². The molecule has 2 aromatic carbocycles. The highest BCUT2D eigenvalue weighted by Crippen LogP contribution is 2.49. The monoisotopic (exact) mass is 384 g/mol. The van der Waals surface area contributed by atoms with Crippen LogP contribution in [0.5, 0.6) is 0 Å². The lowest BCUT2D eigenvalue weighted by Gasteiger charge is -2.31. The molecule has 2 aromatic rings. The number of hydrogen-bond donors (Lipinski definition) is 0. The quantitative estimate of drug-likeness (QED) is 0.233. The van der Waals surface area contributed by atoms with Gasteiger partial charge in [0.1, 0.15) is 0 Å². The zero-order chi connectivity index (χ0) is 18.8. The van der Waals surface area contributed by atoms with Crippen LogP contribution in [0, 0.1) is 18.3 Å². The molecule has 0 heterocycles. The molecule has 0 saturated heterocycles.